The summed E-state index contributed by atoms with van der Waals surface area (Å²) in [6.07, 6.45) is 5.13. The Bertz CT molecular complexity index is 1780. The van der Waals surface area contributed by atoms with E-state index in [2.05, 4.69) is 5.32 Å². The van der Waals surface area contributed by atoms with E-state index in [1.165, 1.54) is 24.1 Å². The summed E-state index contributed by atoms with van der Waals surface area (Å²) in [6, 6.07) is 27.8. The molecule has 0 aromatic heterocycles. The molecule has 48 heavy (non-hydrogen) atoms. The second-order valence-corrected chi connectivity index (χ2v) is 14.5. The van der Waals surface area contributed by atoms with Crippen LogP contribution in [0.15, 0.2) is 108 Å². The number of nitrogens with zero attached hydrogens (tertiary/aromatic N) is 2. The second kappa shape index (κ2) is 16.4. The molecule has 1 atom stereocenters. The molecule has 1 aliphatic carbocycles. The highest BCUT2D eigenvalue weighted by Crippen LogP contribution is 2.28. The summed E-state index contributed by atoms with van der Waals surface area (Å²) < 4.78 is 34.7. The van der Waals surface area contributed by atoms with Crippen molar-refractivity contribution in [1.82, 2.24) is 10.2 Å². The van der Waals surface area contributed by atoms with E-state index in [4.69, 9.17) is 27.9 Å². The molecular formula is C37H39Cl2N3O5S. The summed E-state index contributed by atoms with van der Waals surface area (Å²) in [6.45, 7) is -0.590. The zero-order valence-electron chi connectivity index (χ0n) is 26.7. The lowest BCUT2D eigenvalue weighted by Crippen LogP contribution is -2.55. The van der Waals surface area contributed by atoms with Crippen molar-refractivity contribution >= 4 is 50.7 Å². The number of sulfonamides is 1. The van der Waals surface area contributed by atoms with Crippen LogP contribution in [0.3, 0.4) is 0 Å². The lowest BCUT2D eigenvalue weighted by Gasteiger charge is -2.35. The Morgan fingerprint density at radius 2 is 1.50 bits per heavy atom. The van der Waals surface area contributed by atoms with Gasteiger partial charge in [0.05, 0.1) is 17.7 Å². The summed E-state index contributed by atoms with van der Waals surface area (Å²) in [5.74, 6) is -0.370. The summed E-state index contributed by atoms with van der Waals surface area (Å²) in [7, 11) is -2.78. The first-order valence-corrected chi connectivity index (χ1v) is 18.1. The van der Waals surface area contributed by atoms with E-state index in [9.17, 15) is 18.0 Å². The van der Waals surface area contributed by atoms with Gasteiger partial charge >= 0.3 is 0 Å². The maximum absolute atomic E-state index is 14.7. The fourth-order valence-corrected chi connectivity index (χ4v) is 7.66. The predicted octanol–water partition coefficient (Wildman–Crippen LogP) is 7.29. The van der Waals surface area contributed by atoms with Gasteiger partial charge in [-0.05, 0) is 78.6 Å². The Labute approximate surface area is 292 Å². The van der Waals surface area contributed by atoms with Crippen LogP contribution >= 0.6 is 23.2 Å². The molecule has 0 aliphatic heterocycles. The molecule has 5 rings (SSSR count). The number of anilines is 1. The van der Waals surface area contributed by atoms with Crippen molar-refractivity contribution in [3.8, 4) is 5.75 Å². The molecular weight excluding hydrogens is 669 g/mol. The van der Waals surface area contributed by atoms with Gasteiger partial charge in [-0.15, -0.1) is 0 Å². The summed E-state index contributed by atoms with van der Waals surface area (Å²) in [5, 5.41) is 4.05. The number of amides is 2. The van der Waals surface area contributed by atoms with Gasteiger partial charge in [-0.2, -0.15) is 0 Å². The van der Waals surface area contributed by atoms with Gasteiger partial charge in [0.25, 0.3) is 10.0 Å². The van der Waals surface area contributed by atoms with Crippen LogP contribution < -0.4 is 14.4 Å². The zero-order valence-corrected chi connectivity index (χ0v) is 29.1. The Hall–Kier alpha value is -4.05. The number of hydrogen-bond acceptors (Lipinski definition) is 5. The molecule has 0 saturated heterocycles. The number of halogens is 2. The van der Waals surface area contributed by atoms with Gasteiger partial charge in [0.15, 0.2) is 0 Å². The molecule has 1 unspecified atom stereocenters. The number of rotatable bonds is 13. The predicted molar refractivity (Wildman–Crippen MR) is 190 cm³/mol. The number of benzene rings is 4. The van der Waals surface area contributed by atoms with Crippen molar-refractivity contribution < 1.29 is 22.7 Å². The van der Waals surface area contributed by atoms with Crippen LogP contribution in [0, 0.1) is 0 Å². The molecule has 252 valence electrons. The largest absolute Gasteiger partial charge is 0.497 e. The van der Waals surface area contributed by atoms with E-state index in [1.807, 2.05) is 36.4 Å². The molecule has 0 spiro atoms. The second-order valence-electron chi connectivity index (χ2n) is 11.8. The van der Waals surface area contributed by atoms with E-state index >= 15 is 0 Å². The first-order valence-electron chi connectivity index (χ1n) is 16.0. The smallest absolute Gasteiger partial charge is 0.264 e. The summed E-state index contributed by atoms with van der Waals surface area (Å²) >= 11 is 12.8. The summed E-state index contributed by atoms with van der Waals surface area (Å²) in [5.41, 5.74) is 1.73. The molecule has 11 heteroatoms. The molecule has 1 aliphatic rings. The number of carbonyl (C=O) groups is 2. The minimum Gasteiger partial charge on any atom is -0.497 e. The minimum atomic E-state index is -4.27. The molecule has 4 aromatic carbocycles. The van der Waals surface area contributed by atoms with Crippen molar-refractivity contribution in [1.29, 1.82) is 0 Å². The third-order valence-electron chi connectivity index (χ3n) is 8.56. The fourth-order valence-electron chi connectivity index (χ4n) is 5.92. The lowest BCUT2D eigenvalue weighted by molar-refractivity contribution is -0.140. The average Bonchev–Trinajstić information content (AvgIpc) is 3.10. The van der Waals surface area contributed by atoms with E-state index in [0.29, 0.717) is 21.4 Å². The number of methoxy groups -OCH3 is 1. The highest BCUT2D eigenvalue weighted by Gasteiger charge is 2.35. The molecule has 0 bridgehead atoms. The van der Waals surface area contributed by atoms with Gasteiger partial charge in [-0.1, -0.05) is 91.0 Å². The Morgan fingerprint density at radius 3 is 2.15 bits per heavy atom. The van der Waals surface area contributed by atoms with E-state index < -0.39 is 28.5 Å². The molecule has 1 saturated carbocycles. The Kier molecular flexibility index (Phi) is 12.0. The molecule has 1 N–H and O–H groups in total. The SMILES string of the molecule is COc1ccc(S(=O)(=O)N(CC(=O)N(Cc2ccccc2Cl)C(Cc2ccccc2)C(=O)NC2CCCCC2)c2ccc(Cl)cc2)cc1. The van der Waals surface area contributed by atoms with Crippen LogP contribution in [-0.4, -0.2) is 50.9 Å². The van der Waals surface area contributed by atoms with Crippen LogP contribution in [0.2, 0.25) is 10.0 Å². The average molecular weight is 709 g/mol. The van der Waals surface area contributed by atoms with Gasteiger partial charge in [0.1, 0.15) is 18.3 Å². The van der Waals surface area contributed by atoms with Crippen molar-refractivity contribution in [3.05, 3.63) is 124 Å². The molecule has 8 nitrogen and oxygen atoms in total. The highest BCUT2D eigenvalue weighted by molar-refractivity contribution is 7.92. The standard InChI is InChI=1S/C37H39Cl2N3O5S/c1-47-32-20-22-33(23-21-32)48(45,46)42(31-18-16-29(38)17-19-31)26-36(43)41(25-28-12-8-9-15-34(28)39)35(24-27-10-4-2-5-11-27)37(44)40-30-13-6-3-7-14-30/h2,4-5,8-12,15-23,30,35H,3,6-7,13-14,24-26H2,1H3,(H,40,44). The topological polar surface area (TPSA) is 96.0 Å². The first kappa shape index (κ1) is 35.3. The molecule has 0 heterocycles. The van der Waals surface area contributed by atoms with Crippen LogP contribution in [0.4, 0.5) is 5.69 Å². The monoisotopic (exact) mass is 707 g/mol. The summed E-state index contributed by atoms with van der Waals surface area (Å²) in [4.78, 5) is 30.3. The first-order chi connectivity index (χ1) is 23.2. The van der Waals surface area contributed by atoms with Crippen molar-refractivity contribution in [3.63, 3.8) is 0 Å². The van der Waals surface area contributed by atoms with E-state index in [1.54, 1.807) is 54.6 Å². The Morgan fingerprint density at radius 1 is 0.854 bits per heavy atom. The van der Waals surface area contributed by atoms with Gasteiger partial charge in [0, 0.05) is 29.1 Å². The van der Waals surface area contributed by atoms with Crippen LogP contribution in [0.5, 0.6) is 5.75 Å². The van der Waals surface area contributed by atoms with Gasteiger partial charge in [-0.3, -0.25) is 13.9 Å². The number of ether oxygens (including phenoxy) is 1. The van der Waals surface area contributed by atoms with Crippen LogP contribution in [-0.2, 0) is 32.6 Å². The lowest BCUT2D eigenvalue weighted by atomic mass is 9.94. The third-order valence-corrected chi connectivity index (χ3v) is 11.0. The normalized spacial score (nSPS) is 14.1. The number of hydrogen-bond donors (Lipinski definition) is 1. The van der Waals surface area contributed by atoms with E-state index in [-0.39, 0.29) is 35.5 Å². The maximum Gasteiger partial charge on any atom is 0.264 e. The molecule has 2 amide bonds. The highest BCUT2D eigenvalue weighted by atomic mass is 35.5. The number of carbonyl (C=O) groups excluding carboxylic acids is 2. The van der Waals surface area contributed by atoms with E-state index in [0.717, 1.165) is 42.0 Å². The number of nitrogens with one attached hydrogen (secondary N) is 1. The minimum absolute atomic E-state index is 0.00260. The van der Waals surface area contributed by atoms with Gasteiger partial charge in [-0.25, -0.2) is 8.42 Å². The van der Waals surface area contributed by atoms with Crippen LogP contribution in [0.25, 0.3) is 0 Å². The zero-order chi connectivity index (χ0) is 34.1. The van der Waals surface area contributed by atoms with Crippen molar-refractivity contribution in [2.45, 2.75) is 62.0 Å². The quantitative estimate of drug-likeness (QED) is 0.158. The van der Waals surface area contributed by atoms with Gasteiger partial charge in [0.2, 0.25) is 11.8 Å². The molecule has 1 fully saturated rings. The maximum atomic E-state index is 14.7. The third kappa shape index (κ3) is 8.89. The van der Waals surface area contributed by atoms with Crippen LogP contribution in [0.1, 0.15) is 43.2 Å². The molecule has 4 aromatic rings. The van der Waals surface area contributed by atoms with Crippen molar-refractivity contribution in [2.24, 2.45) is 0 Å². The Balaban J connectivity index is 1.56. The van der Waals surface area contributed by atoms with Gasteiger partial charge < -0.3 is 15.0 Å². The van der Waals surface area contributed by atoms with Crippen molar-refractivity contribution in [2.75, 3.05) is 18.0 Å². The fraction of sp³-hybridized carbons (Fsp3) is 0.297. The molecule has 0 radical (unpaired) electrons.